The van der Waals surface area contributed by atoms with Crippen molar-refractivity contribution in [1.29, 1.82) is 0 Å². The zero-order valence-electron chi connectivity index (χ0n) is 15.9. The van der Waals surface area contributed by atoms with E-state index >= 15 is 0 Å². The van der Waals surface area contributed by atoms with Gasteiger partial charge in [-0.15, -0.1) is 0 Å². The molecule has 2 aromatic heterocycles. The molecule has 12 nitrogen and oxygen atoms in total. The minimum absolute atomic E-state index is 0.118. The van der Waals surface area contributed by atoms with Gasteiger partial charge < -0.3 is 34.6 Å². The maximum Gasteiger partial charge on any atom is 0.509 e. The summed E-state index contributed by atoms with van der Waals surface area (Å²) < 4.78 is 23.6. The van der Waals surface area contributed by atoms with Gasteiger partial charge in [0.25, 0.3) is 5.91 Å². The van der Waals surface area contributed by atoms with Crippen LogP contribution in [-0.4, -0.2) is 57.0 Å². The fourth-order valence-electron chi connectivity index (χ4n) is 4.11. The van der Waals surface area contributed by atoms with Gasteiger partial charge in [0.2, 0.25) is 0 Å². The molecule has 0 spiro atoms. The van der Waals surface area contributed by atoms with E-state index in [-0.39, 0.29) is 12.3 Å². The van der Waals surface area contributed by atoms with Crippen molar-refractivity contribution in [3.8, 4) is 0 Å². The summed E-state index contributed by atoms with van der Waals surface area (Å²) in [5.41, 5.74) is 6.04. The number of hydrogen-bond donors (Lipinski definition) is 2. The summed E-state index contributed by atoms with van der Waals surface area (Å²) in [7, 11) is 0. The van der Waals surface area contributed by atoms with Crippen LogP contribution in [0.3, 0.4) is 0 Å². The first-order valence-corrected chi connectivity index (χ1v) is 9.10. The first-order valence-electron chi connectivity index (χ1n) is 9.10. The van der Waals surface area contributed by atoms with Gasteiger partial charge in [-0.2, -0.15) is 0 Å². The summed E-state index contributed by atoms with van der Waals surface area (Å²) in [5.74, 6) is -0.596. The minimum Gasteiger partial charge on any atom is -0.463 e. The summed E-state index contributed by atoms with van der Waals surface area (Å²) in [4.78, 5) is 43.6. The van der Waals surface area contributed by atoms with Crippen molar-refractivity contribution >= 4 is 40.6 Å². The highest BCUT2D eigenvalue weighted by atomic mass is 16.8. The summed E-state index contributed by atoms with van der Waals surface area (Å²) in [6.45, 7) is 2.82. The molecule has 4 atom stereocenters. The van der Waals surface area contributed by atoms with Crippen LogP contribution in [-0.2, 0) is 28.5 Å². The Morgan fingerprint density at radius 3 is 2.97 bits per heavy atom. The first kappa shape index (κ1) is 18.4. The number of nitrogens with one attached hydrogen (secondary N) is 1. The molecule has 5 heterocycles. The Labute approximate surface area is 168 Å². The van der Waals surface area contributed by atoms with Crippen LogP contribution in [0.25, 0.3) is 16.7 Å². The van der Waals surface area contributed by atoms with Crippen molar-refractivity contribution in [2.75, 3.05) is 11.9 Å². The fraction of sp³-hybridized carbons (Fsp3) is 0.389. The third-order valence-corrected chi connectivity index (χ3v) is 5.38. The molecule has 0 bridgehead atoms. The van der Waals surface area contributed by atoms with Crippen LogP contribution in [0.4, 0.5) is 10.6 Å². The average molecular weight is 415 g/mol. The second-order valence-corrected chi connectivity index (χ2v) is 7.36. The van der Waals surface area contributed by atoms with Gasteiger partial charge in [0, 0.05) is 30.5 Å². The number of carbonyl (C=O) groups is 3. The summed E-state index contributed by atoms with van der Waals surface area (Å²) in [6, 6.07) is 0. The van der Waals surface area contributed by atoms with Crippen LogP contribution in [0.2, 0.25) is 0 Å². The van der Waals surface area contributed by atoms with E-state index in [1.807, 2.05) is 0 Å². The van der Waals surface area contributed by atoms with Crippen LogP contribution < -0.4 is 11.1 Å². The first-order chi connectivity index (χ1) is 14.3. The van der Waals surface area contributed by atoms with Gasteiger partial charge in [0.05, 0.1) is 5.39 Å². The van der Waals surface area contributed by atoms with Gasteiger partial charge >= 0.3 is 12.1 Å². The van der Waals surface area contributed by atoms with E-state index in [0.717, 1.165) is 0 Å². The molecule has 0 unspecified atom stereocenters. The highest BCUT2D eigenvalue weighted by Crippen LogP contribution is 2.48. The molecule has 3 aliphatic heterocycles. The number of nitrogens with two attached hydrogens (primary N) is 1. The second-order valence-electron chi connectivity index (χ2n) is 7.36. The Kier molecular flexibility index (Phi) is 3.77. The van der Waals surface area contributed by atoms with Crippen molar-refractivity contribution in [3.05, 3.63) is 24.2 Å². The van der Waals surface area contributed by atoms with Crippen LogP contribution in [0.1, 0.15) is 25.6 Å². The van der Waals surface area contributed by atoms with E-state index in [2.05, 4.69) is 15.3 Å². The van der Waals surface area contributed by atoms with Gasteiger partial charge in [-0.3, -0.25) is 9.59 Å². The maximum atomic E-state index is 12.0. The van der Waals surface area contributed by atoms with E-state index in [1.165, 1.54) is 19.3 Å². The Morgan fingerprint density at radius 2 is 2.20 bits per heavy atom. The average Bonchev–Trinajstić information content (AvgIpc) is 3.24. The largest absolute Gasteiger partial charge is 0.509 e. The van der Waals surface area contributed by atoms with E-state index in [1.54, 1.807) is 17.7 Å². The number of amides is 1. The molecule has 0 aliphatic carbocycles. The second kappa shape index (κ2) is 6.16. The lowest BCUT2D eigenvalue weighted by Crippen LogP contribution is -2.42. The molecule has 12 heteroatoms. The number of rotatable bonds is 3. The summed E-state index contributed by atoms with van der Waals surface area (Å²) in [5, 5.41) is 3.18. The summed E-state index contributed by atoms with van der Waals surface area (Å²) in [6.07, 6.45) is 0.933. The van der Waals surface area contributed by atoms with Crippen molar-refractivity contribution in [2.24, 2.45) is 5.73 Å². The molecular weight excluding hydrogens is 398 g/mol. The number of nitrogens with zero attached hydrogens (tertiary/aromatic N) is 3. The third kappa shape index (κ3) is 2.53. The van der Waals surface area contributed by atoms with Gasteiger partial charge in [-0.25, -0.2) is 14.8 Å². The number of aromatic nitrogens is 3. The zero-order chi connectivity index (χ0) is 21.2. The monoisotopic (exact) mass is 415 g/mol. The van der Waals surface area contributed by atoms with Crippen LogP contribution >= 0.6 is 0 Å². The lowest BCUT2D eigenvalue weighted by molar-refractivity contribution is -0.148. The highest BCUT2D eigenvalue weighted by molar-refractivity contribution is 6.13. The Morgan fingerprint density at radius 1 is 1.40 bits per heavy atom. The third-order valence-electron chi connectivity index (χ3n) is 5.38. The van der Waals surface area contributed by atoms with Crippen LogP contribution in [0, 0.1) is 0 Å². The molecule has 3 aliphatic rings. The van der Waals surface area contributed by atoms with E-state index in [9.17, 15) is 14.4 Å². The van der Waals surface area contributed by atoms with E-state index < -0.39 is 42.1 Å². The maximum absolute atomic E-state index is 12.0. The molecule has 2 aromatic rings. The lowest BCUT2D eigenvalue weighted by atomic mass is 9.96. The number of hydrogen-bond acceptors (Lipinski definition) is 10. The lowest BCUT2D eigenvalue weighted by Gasteiger charge is -2.26. The molecule has 5 rings (SSSR count). The van der Waals surface area contributed by atoms with Gasteiger partial charge in [-0.05, 0) is 6.92 Å². The van der Waals surface area contributed by atoms with Crippen molar-refractivity contribution in [2.45, 2.75) is 37.9 Å². The smallest absolute Gasteiger partial charge is 0.463 e. The van der Waals surface area contributed by atoms with E-state index in [0.29, 0.717) is 22.4 Å². The fourth-order valence-corrected chi connectivity index (χ4v) is 4.11. The van der Waals surface area contributed by atoms with Gasteiger partial charge in [-0.1, -0.05) is 0 Å². The number of carbonyl (C=O) groups excluding carboxylic acids is 3. The quantitative estimate of drug-likeness (QED) is 0.674. The molecule has 3 N–H and O–H groups in total. The number of ether oxygens (including phenoxy) is 4. The Balaban J connectivity index is 1.63. The predicted molar refractivity (Wildman–Crippen MR) is 98.6 cm³/mol. The molecule has 156 valence electrons. The SMILES string of the molecule is CC(=O)OC[C@H]1O[C@@H](n2cc3c4c(ncnc42)NC(=O)C=C3N)[C@]2(C)OC(=O)O[C@H]12. The molecule has 0 saturated carbocycles. The topological polar surface area (TPSA) is 157 Å². The highest BCUT2D eigenvalue weighted by Gasteiger charge is 2.64. The predicted octanol–water partition coefficient (Wildman–Crippen LogP) is 0.438. The van der Waals surface area contributed by atoms with Crippen molar-refractivity contribution in [3.63, 3.8) is 0 Å². The normalized spacial score (nSPS) is 29.5. The standard InChI is InChI=1S/C18H17N5O7/c1-7(24)27-5-10-13-18(2,30-17(26)29-13)16(28-10)23-4-8-9(19)3-11(25)22-14-12(8)15(23)21-6-20-14/h3-4,6,10,13,16H,5,19H2,1-2H3,(H,20,21,22,25)/t10-,13-,16-,18-/m1/s1. The number of fused-ring (bicyclic) bond motifs is 1. The summed E-state index contributed by atoms with van der Waals surface area (Å²) >= 11 is 0. The molecule has 2 saturated heterocycles. The van der Waals surface area contributed by atoms with Gasteiger partial charge in [0.1, 0.15) is 30.5 Å². The molecular formula is C18H17N5O7. The van der Waals surface area contributed by atoms with Crippen molar-refractivity contribution < 1.29 is 33.3 Å². The van der Waals surface area contributed by atoms with Crippen LogP contribution in [0.15, 0.2) is 18.6 Å². The minimum atomic E-state index is -1.22. The Hall–Kier alpha value is -3.67. The number of anilines is 1. The van der Waals surface area contributed by atoms with E-state index in [4.69, 9.17) is 24.7 Å². The number of esters is 1. The molecule has 1 amide bonds. The van der Waals surface area contributed by atoms with Gasteiger partial charge in [0.15, 0.2) is 17.9 Å². The molecule has 0 radical (unpaired) electrons. The van der Waals surface area contributed by atoms with Crippen LogP contribution in [0.5, 0.6) is 0 Å². The zero-order valence-corrected chi connectivity index (χ0v) is 15.9. The molecule has 0 aromatic carbocycles. The molecule has 30 heavy (non-hydrogen) atoms. The Bertz CT molecular complexity index is 1140. The van der Waals surface area contributed by atoms with Crippen molar-refractivity contribution in [1.82, 2.24) is 14.5 Å². The molecule has 2 fully saturated rings.